The second-order valence-electron chi connectivity index (χ2n) is 2.91. The summed E-state index contributed by atoms with van der Waals surface area (Å²) in [5.74, 6) is -1.45. The summed E-state index contributed by atoms with van der Waals surface area (Å²) in [5.41, 5.74) is 0.210. The number of hydrogen-bond donors (Lipinski definition) is 0. The Morgan fingerprint density at radius 3 is 2.40 bits per heavy atom. The first-order valence-corrected chi connectivity index (χ1v) is 4.47. The van der Waals surface area contributed by atoms with Crippen molar-refractivity contribution in [2.75, 3.05) is 6.61 Å². The van der Waals surface area contributed by atoms with Gasteiger partial charge >= 0.3 is 5.97 Å². The van der Waals surface area contributed by atoms with Gasteiger partial charge in [0.1, 0.15) is 0 Å². The lowest BCUT2D eigenvalue weighted by Gasteiger charge is -2.09. The molecule has 15 heavy (non-hydrogen) atoms. The van der Waals surface area contributed by atoms with E-state index in [2.05, 4.69) is 0 Å². The predicted octanol–water partition coefficient (Wildman–Crippen LogP) is 0.378. The predicted molar refractivity (Wildman–Crippen MR) is 51.4 cm³/mol. The van der Waals surface area contributed by atoms with Gasteiger partial charge in [0.05, 0.1) is 12.2 Å². The molecule has 0 aromatic heterocycles. The number of nitrogens with zero attached hydrogens (tertiary/aromatic N) is 1. The molecular formula is C10H11NO4. The molecule has 0 spiro atoms. The lowest BCUT2D eigenvalue weighted by molar-refractivity contribution is -0.138. The Morgan fingerprint density at radius 2 is 1.93 bits per heavy atom. The lowest BCUT2D eigenvalue weighted by Crippen LogP contribution is -2.25. The molecule has 1 rings (SSSR count). The molecule has 5 heteroatoms. The molecule has 0 fully saturated rings. The number of hydrogen-bond acceptors (Lipinski definition) is 4. The zero-order valence-corrected chi connectivity index (χ0v) is 8.52. The minimum absolute atomic E-state index is 0.210. The highest BCUT2D eigenvalue weighted by Crippen LogP contribution is 2.07. The third-order valence-corrected chi connectivity index (χ3v) is 1.76. The Hall–Kier alpha value is -1.91. The van der Waals surface area contributed by atoms with Crippen LogP contribution in [0.4, 0.5) is 0 Å². The van der Waals surface area contributed by atoms with E-state index in [1.54, 1.807) is 6.92 Å². The van der Waals surface area contributed by atoms with E-state index in [1.165, 1.54) is 13.1 Å². The minimum Gasteiger partial charge on any atom is -0.463 e. The summed E-state index contributed by atoms with van der Waals surface area (Å²) in [7, 11) is 0. The number of carbonyl (C=O) groups is 3. The summed E-state index contributed by atoms with van der Waals surface area (Å²) in [6.07, 6.45) is 3.48. The summed E-state index contributed by atoms with van der Waals surface area (Å²) < 4.78 is 4.71. The van der Waals surface area contributed by atoms with Crippen molar-refractivity contribution in [2.45, 2.75) is 13.8 Å². The second kappa shape index (κ2) is 4.54. The Kier molecular flexibility index (Phi) is 3.38. The molecule has 0 aliphatic carbocycles. The molecule has 0 bridgehead atoms. The average molecular weight is 209 g/mol. The first kappa shape index (κ1) is 11.2. The number of imide groups is 1. The zero-order valence-electron chi connectivity index (χ0n) is 8.52. The second-order valence-corrected chi connectivity index (χ2v) is 2.91. The number of amides is 2. The van der Waals surface area contributed by atoms with Crippen molar-refractivity contribution >= 4 is 17.8 Å². The van der Waals surface area contributed by atoms with E-state index in [9.17, 15) is 14.4 Å². The molecule has 2 amide bonds. The van der Waals surface area contributed by atoms with Gasteiger partial charge in [0.2, 0.25) is 0 Å². The third-order valence-electron chi connectivity index (χ3n) is 1.76. The molecule has 0 saturated heterocycles. The molecule has 0 aromatic carbocycles. The van der Waals surface area contributed by atoms with Crippen molar-refractivity contribution in [2.24, 2.45) is 0 Å². The summed E-state index contributed by atoms with van der Waals surface area (Å²) in [6.45, 7) is 3.42. The van der Waals surface area contributed by atoms with Crippen LogP contribution in [0.15, 0.2) is 23.9 Å². The summed E-state index contributed by atoms with van der Waals surface area (Å²) in [5, 5.41) is 0. The first-order chi connectivity index (χ1) is 7.06. The van der Waals surface area contributed by atoms with E-state index in [4.69, 9.17) is 4.74 Å². The van der Waals surface area contributed by atoms with Crippen LogP contribution in [0.25, 0.3) is 0 Å². The molecule has 1 heterocycles. The van der Waals surface area contributed by atoms with Crippen molar-refractivity contribution in [3.05, 3.63) is 23.9 Å². The van der Waals surface area contributed by atoms with Crippen molar-refractivity contribution in [3.8, 4) is 0 Å². The van der Waals surface area contributed by atoms with Crippen molar-refractivity contribution in [1.82, 2.24) is 4.90 Å². The number of ether oxygens (including phenoxy) is 1. The number of esters is 1. The fourth-order valence-corrected chi connectivity index (χ4v) is 1.03. The van der Waals surface area contributed by atoms with Crippen LogP contribution in [0.2, 0.25) is 0 Å². The fourth-order valence-electron chi connectivity index (χ4n) is 1.03. The highest BCUT2D eigenvalue weighted by molar-refractivity contribution is 6.14. The van der Waals surface area contributed by atoms with Crippen LogP contribution in [0, 0.1) is 0 Å². The van der Waals surface area contributed by atoms with Gasteiger partial charge in [-0.05, 0) is 13.8 Å². The van der Waals surface area contributed by atoms with Crippen LogP contribution >= 0.6 is 0 Å². The van der Waals surface area contributed by atoms with Crippen LogP contribution in [-0.2, 0) is 19.1 Å². The lowest BCUT2D eigenvalue weighted by atomic mass is 10.3. The number of rotatable bonds is 3. The Labute approximate surface area is 87.0 Å². The van der Waals surface area contributed by atoms with E-state index in [0.717, 1.165) is 17.1 Å². The molecule has 1 aliphatic rings. The molecule has 0 unspecified atom stereocenters. The van der Waals surface area contributed by atoms with Gasteiger partial charge in [0.25, 0.3) is 11.8 Å². The van der Waals surface area contributed by atoms with E-state index in [1.807, 2.05) is 0 Å². The Balaban J connectivity index is 2.75. The topological polar surface area (TPSA) is 63.7 Å². The minimum atomic E-state index is -0.537. The summed E-state index contributed by atoms with van der Waals surface area (Å²) in [6, 6.07) is 0. The Bertz CT molecular complexity index is 350. The van der Waals surface area contributed by atoms with E-state index in [-0.39, 0.29) is 12.2 Å². The van der Waals surface area contributed by atoms with Crippen LogP contribution in [0.3, 0.4) is 0 Å². The quantitative estimate of drug-likeness (QED) is 0.383. The molecule has 5 nitrogen and oxygen atoms in total. The molecule has 0 atom stereocenters. The first-order valence-electron chi connectivity index (χ1n) is 4.47. The van der Waals surface area contributed by atoms with Gasteiger partial charge in [-0.3, -0.25) is 9.59 Å². The van der Waals surface area contributed by atoms with Crippen LogP contribution < -0.4 is 0 Å². The smallest absolute Gasteiger partial charge is 0.335 e. The molecule has 1 aliphatic heterocycles. The van der Waals surface area contributed by atoms with Gasteiger partial charge < -0.3 is 4.74 Å². The van der Waals surface area contributed by atoms with E-state index >= 15 is 0 Å². The van der Waals surface area contributed by atoms with Crippen LogP contribution in [-0.4, -0.2) is 29.3 Å². The van der Waals surface area contributed by atoms with Crippen molar-refractivity contribution in [1.29, 1.82) is 0 Å². The van der Waals surface area contributed by atoms with Crippen molar-refractivity contribution in [3.63, 3.8) is 0 Å². The highest BCUT2D eigenvalue weighted by atomic mass is 16.5. The van der Waals surface area contributed by atoms with Crippen LogP contribution in [0.1, 0.15) is 13.8 Å². The maximum Gasteiger partial charge on any atom is 0.335 e. The molecule has 0 radical (unpaired) electrons. The monoisotopic (exact) mass is 209 g/mol. The standard InChI is InChI=1S/C10H11NO4/c1-3-15-10(14)7(2)6-11-8(12)4-5-9(11)13/h4-6H,3H2,1-2H3. The summed E-state index contributed by atoms with van der Waals surface area (Å²) >= 11 is 0. The van der Waals surface area contributed by atoms with E-state index in [0.29, 0.717) is 0 Å². The maximum atomic E-state index is 11.2. The molecular weight excluding hydrogens is 198 g/mol. The highest BCUT2D eigenvalue weighted by Gasteiger charge is 2.22. The average Bonchev–Trinajstić information content (AvgIpc) is 2.49. The summed E-state index contributed by atoms with van der Waals surface area (Å²) in [4.78, 5) is 34.3. The van der Waals surface area contributed by atoms with Gasteiger partial charge in [0.15, 0.2) is 0 Å². The normalized spacial score (nSPS) is 16.1. The zero-order chi connectivity index (χ0) is 11.4. The fraction of sp³-hybridized carbons (Fsp3) is 0.300. The number of carbonyl (C=O) groups excluding carboxylic acids is 3. The maximum absolute atomic E-state index is 11.2. The van der Waals surface area contributed by atoms with Gasteiger partial charge in [-0.15, -0.1) is 0 Å². The molecule has 0 N–H and O–H groups in total. The van der Waals surface area contributed by atoms with Crippen molar-refractivity contribution < 1.29 is 19.1 Å². The largest absolute Gasteiger partial charge is 0.463 e. The SMILES string of the molecule is CCOC(=O)C(C)=CN1C(=O)C=CC1=O. The van der Waals surface area contributed by atoms with Crippen LogP contribution in [0.5, 0.6) is 0 Å². The van der Waals surface area contributed by atoms with Gasteiger partial charge in [-0.25, -0.2) is 9.69 Å². The molecule has 0 aromatic rings. The van der Waals surface area contributed by atoms with Gasteiger partial charge in [0, 0.05) is 18.4 Å². The molecule has 0 saturated carbocycles. The molecule has 80 valence electrons. The van der Waals surface area contributed by atoms with E-state index < -0.39 is 17.8 Å². The van der Waals surface area contributed by atoms with Gasteiger partial charge in [-0.1, -0.05) is 0 Å². The Morgan fingerprint density at radius 1 is 1.40 bits per heavy atom. The third kappa shape index (κ3) is 2.52. The van der Waals surface area contributed by atoms with Gasteiger partial charge in [-0.2, -0.15) is 0 Å².